The number of thioether (sulfide) groups is 1. The molecule has 1 aromatic rings. The molecule has 0 aromatic heterocycles. The van der Waals surface area contributed by atoms with Gasteiger partial charge in [0.25, 0.3) is 0 Å². The lowest BCUT2D eigenvalue weighted by Crippen LogP contribution is -2.31. The summed E-state index contributed by atoms with van der Waals surface area (Å²) in [6.07, 6.45) is 0. The van der Waals surface area contributed by atoms with Crippen LogP contribution in [-0.4, -0.2) is 37.0 Å². The fourth-order valence-electron chi connectivity index (χ4n) is 2.27. The van der Waals surface area contributed by atoms with Gasteiger partial charge in [-0.05, 0) is 23.6 Å². The predicted molar refractivity (Wildman–Crippen MR) is 91.8 cm³/mol. The van der Waals surface area contributed by atoms with E-state index in [0.717, 1.165) is 16.9 Å². The SMILES string of the molecule is CC(C)c1ccc(N(C)C)cc1N1C(=O)CSC1=NC(N)=O. The standard InChI is InChI=1S/C15H20N4O2S/c1-9(2)11-6-5-10(18(3)4)7-12(11)19-13(20)8-22-15(19)17-14(16)21/h5-7,9H,8H2,1-4H3,(H2,16,21). The summed E-state index contributed by atoms with van der Waals surface area (Å²) in [6.45, 7) is 4.12. The summed E-state index contributed by atoms with van der Waals surface area (Å²) in [7, 11) is 3.88. The van der Waals surface area contributed by atoms with Gasteiger partial charge in [0.05, 0.1) is 11.4 Å². The lowest BCUT2D eigenvalue weighted by Gasteiger charge is -2.24. The van der Waals surface area contributed by atoms with E-state index in [4.69, 9.17) is 5.73 Å². The zero-order chi connectivity index (χ0) is 16.4. The van der Waals surface area contributed by atoms with E-state index >= 15 is 0 Å². The molecule has 0 saturated carbocycles. The molecular formula is C15H20N4O2S. The fraction of sp³-hybridized carbons (Fsp3) is 0.400. The molecule has 3 amide bonds. The largest absolute Gasteiger partial charge is 0.378 e. The van der Waals surface area contributed by atoms with Gasteiger partial charge in [0.1, 0.15) is 0 Å². The van der Waals surface area contributed by atoms with Crippen molar-refractivity contribution in [1.29, 1.82) is 0 Å². The number of nitrogens with two attached hydrogens (primary N) is 1. The molecule has 7 heteroatoms. The second-order valence-electron chi connectivity index (χ2n) is 5.54. The Morgan fingerprint density at radius 2 is 2.09 bits per heavy atom. The van der Waals surface area contributed by atoms with E-state index in [-0.39, 0.29) is 17.6 Å². The summed E-state index contributed by atoms with van der Waals surface area (Å²) in [5, 5.41) is 0.343. The van der Waals surface area contributed by atoms with Gasteiger partial charge in [-0.2, -0.15) is 4.99 Å². The number of benzene rings is 1. The molecule has 0 bridgehead atoms. The van der Waals surface area contributed by atoms with E-state index in [2.05, 4.69) is 18.8 Å². The van der Waals surface area contributed by atoms with E-state index in [1.165, 1.54) is 16.7 Å². The van der Waals surface area contributed by atoms with E-state index < -0.39 is 6.03 Å². The number of carbonyl (C=O) groups is 2. The monoisotopic (exact) mass is 320 g/mol. The number of primary amides is 1. The topological polar surface area (TPSA) is 79.0 Å². The van der Waals surface area contributed by atoms with Crippen molar-refractivity contribution in [3.63, 3.8) is 0 Å². The van der Waals surface area contributed by atoms with Gasteiger partial charge >= 0.3 is 6.03 Å². The molecule has 1 saturated heterocycles. The molecule has 2 N–H and O–H groups in total. The average Bonchev–Trinajstić information content (AvgIpc) is 2.78. The van der Waals surface area contributed by atoms with Gasteiger partial charge in [-0.15, -0.1) is 0 Å². The maximum absolute atomic E-state index is 12.3. The summed E-state index contributed by atoms with van der Waals surface area (Å²) in [5.41, 5.74) is 7.91. The van der Waals surface area contributed by atoms with Crippen LogP contribution in [0, 0.1) is 0 Å². The van der Waals surface area contributed by atoms with Crippen LogP contribution in [0.4, 0.5) is 16.2 Å². The molecular weight excluding hydrogens is 300 g/mol. The Morgan fingerprint density at radius 1 is 1.41 bits per heavy atom. The average molecular weight is 320 g/mol. The predicted octanol–water partition coefficient (Wildman–Crippen LogP) is 2.39. The first-order chi connectivity index (χ1) is 10.3. The van der Waals surface area contributed by atoms with Crippen LogP contribution in [-0.2, 0) is 4.79 Å². The Labute approximate surface area is 134 Å². The summed E-state index contributed by atoms with van der Waals surface area (Å²) in [6, 6.07) is 5.16. The first kappa shape index (κ1) is 16.4. The van der Waals surface area contributed by atoms with Crippen LogP contribution in [0.25, 0.3) is 0 Å². The molecule has 0 unspecified atom stereocenters. The van der Waals surface area contributed by atoms with E-state index in [0.29, 0.717) is 5.17 Å². The minimum absolute atomic E-state index is 0.0946. The third-order valence-corrected chi connectivity index (χ3v) is 4.29. The molecule has 6 nitrogen and oxygen atoms in total. The molecule has 0 spiro atoms. The molecule has 1 heterocycles. The number of carbonyl (C=O) groups excluding carboxylic acids is 2. The molecule has 2 rings (SSSR count). The Morgan fingerprint density at radius 3 is 2.64 bits per heavy atom. The third kappa shape index (κ3) is 3.24. The van der Waals surface area contributed by atoms with Gasteiger partial charge < -0.3 is 10.6 Å². The molecule has 0 aliphatic carbocycles. The van der Waals surface area contributed by atoms with Crippen LogP contribution >= 0.6 is 11.8 Å². The van der Waals surface area contributed by atoms with Crippen molar-refractivity contribution in [2.45, 2.75) is 19.8 Å². The Bertz CT molecular complexity index is 640. The maximum atomic E-state index is 12.3. The molecule has 0 radical (unpaired) electrons. The molecule has 1 aliphatic rings. The normalized spacial score (nSPS) is 16.7. The summed E-state index contributed by atoms with van der Waals surface area (Å²) in [4.78, 5) is 30.6. The van der Waals surface area contributed by atoms with E-state index in [9.17, 15) is 9.59 Å². The zero-order valence-corrected chi connectivity index (χ0v) is 14.0. The molecule has 118 valence electrons. The number of hydrogen-bond donors (Lipinski definition) is 1. The highest BCUT2D eigenvalue weighted by Gasteiger charge is 2.32. The first-order valence-corrected chi connectivity index (χ1v) is 7.95. The highest BCUT2D eigenvalue weighted by atomic mass is 32.2. The van der Waals surface area contributed by atoms with Gasteiger partial charge in [-0.1, -0.05) is 31.7 Å². The fourth-order valence-corrected chi connectivity index (χ4v) is 3.13. The number of amides is 3. The van der Waals surface area contributed by atoms with E-state index in [1.807, 2.05) is 37.2 Å². The Balaban J connectivity index is 2.59. The number of anilines is 2. The number of rotatable bonds is 3. The minimum Gasteiger partial charge on any atom is -0.378 e. The molecule has 22 heavy (non-hydrogen) atoms. The molecule has 1 fully saturated rings. The van der Waals surface area contributed by atoms with Crippen LogP contribution < -0.4 is 15.5 Å². The highest BCUT2D eigenvalue weighted by molar-refractivity contribution is 8.15. The maximum Gasteiger partial charge on any atom is 0.340 e. The van der Waals surface area contributed by atoms with Gasteiger partial charge in [-0.3, -0.25) is 9.69 Å². The highest BCUT2D eigenvalue weighted by Crippen LogP contribution is 2.35. The van der Waals surface area contributed by atoms with Gasteiger partial charge in [0.2, 0.25) is 5.91 Å². The lowest BCUT2D eigenvalue weighted by molar-refractivity contribution is -0.115. The van der Waals surface area contributed by atoms with Crippen molar-refractivity contribution >= 4 is 40.2 Å². The van der Waals surface area contributed by atoms with Crippen molar-refractivity contribution < 1.29 is 9.59 Å². The third-order valence-electron chi connectivity index (χ3n) is 3.36. The second-order valence-corrected chi connectivity index (χ2v) is 6.49. The van der Waals surface area contributed by atoms with Crippen molar-refractivity contribution in [2.24, 2.45) is 10.7 Å². The van der Waals surface area contributed by atoms with Crippen molar-refractivity contribution in [3.8, 4) is 0 Å². The number of urea groups is 1. The van der Waals surface area contributed by atoms with Crippen LogP contribution in [0.1, 0.15) is 25.3 Å². The van der Waals surface area contributed by atoms with Gasteiger partial charge in [0, 0.05) is 19.8 Å². The molecule has 1 aromatic carbocycles. The summed E-state index contributed by atoms with van der Waals surface area (Å²) < 4.78 is 0. The second kappa shape index (κ2) is 6.39. The number of aliphatic imine (C=N–C) groups is 1. The van der Waals surface area contributed by atoms with Crippen molar-refractivity contribution in [3.05, 3.63) is 23.8 Å². The lowest BCUT2D eigenvalue weighted by atomic mass is 9.99. The van der Waals surface area contributed by atoms with E-state index in [1.54, 1.807) is 0 Å². The molecule has 0 atom stereocenters. The Kier molecular flexibility index (Phi) is 4.75. The summed E-state index contributed by atoms with van der Waals surface area (Å²) in [5.74, 6) is 0.401. The minimum atomic E-state index is -0.794. The Hall–Kier alpha value is -2.02. The molecule has 1 aliphatic heterocycles. The quantitative estimate of drug-likeness (QED) is 0.927. The zero-order valence-electron chi connectivity index (χ0n) is 13.2. The van der Waals surface area contributed by atoms with Crippen LogP contribution in [0.2, 0.25) is 0 Å². The number of nitrogens with zero attached hydrogens (tertiary/aromatic N) is 3. The van der Waals surface area contributed by atoms with Crippen molar-refractivity contribution in [1.82, 2.24) is 0 Å². The number of hydrogen-bond acceptors (Lipinski definition) is 4. The summed E-state index contributed by atoms with van der Waals surface area (Å²) >= 11 is 1.23. The van der Waals surface area contributed by atoms with Gasteiger partial charge in [0.15, 0.2) is 5.17 Å². The smallest absolute Gasteiger partial charge is 0.340 e. The van der Waals surface area contributed by atoms with Gasteiger partial charge in [-0.25, -0.2) is 4.79 Å². The van der Waals surface area contributed by atoms with Crippen LogP contribution in [0.5, 0.6) is 0 Å². The van der Waals surface area contributed by atoms with Crippen LogP contribution in [0.3, 0.4) is 0 Å². The van der Waals surface area contributed by atoms with Crippen molar-refractivity contribution in [2.75, 3.05) is 29.6 Å². The number of amidine groups is 1. The van der Waals surface area contributed by atoms with Crippen LogP contribution in [0.15, 0.2) is 23.2 Å². The first-order valence-electron chi connectivity index (χ1n) is 6.96.